The third-order valence-corrected chi connectivity index (χ3v) is 0.848. The van der Waals surface area contributed by atoms with Crippen LogP contribution in [0.2, 0.25) is 0 Å². The number of hydrogen-bond donors (Lipinski definition) is 3. The topological polar surface area (TPSA) is 81.1 Å². The molecule has 0 aromatic rings. The van der Waals surface area contributed by atoms with Gasteiger partial charge < -0.3 is 16.8 Å². The molecule has 0 atom stereocenters. The summed E-state index contributed by atoms with van der Waals surface area (Å²) in [6.45, 7) is 3.38. The zero-order valence-corrected chi connectivity index (χ0v) is 5.77. The maximum Gasteiger partial charge on any atom is 0.240 e. The van der Waals surface area contributed by atoms with Crippen molar-refractivity contribution in [3.63, 3.8) is 0 Å². The van der Waals surface area contributed by atoms with Gasteiger partial charge in [0.25, 0.3) is 0 Å². The first-order valence-electron chi connectivity index (χ1n) is 2.75. The lowest BCUT2D eigenvalue weighted by Gasteiger charge is -2.16. The van der Waals surface area contributed by atoms with E-state index in [0.717, 1.165) is 0 Å². The van der Waals surface area contributed by atoms with Crippen LogP contribution in [0.4, 0.5) is 0 Å². The molecular weight excluding hydrogens is 118 g/mol. The fraction of sp³-hybridized carbons (Fsp3) is 0.800. The van der Waals surface area contributed by atoms with Crippen molar-refractivity contribution in [1.29, 1.82) is 0 Å². The van der Waals surface area contributed by atoms with Gasteiger partial charge in [0.2, 0.25) is 5.91 Å². The quantitative estimate of drug-likeness (QED) is 0.410. The van der Waals surface area contributed by atoms with Crippen molar-refractivity contribution in [2.24, 2.45) is 11.5 Å². The molecule has 0 aliphatic heterocycles. The summed E-state index contributed by atoms with van der Waals surface area (Å²) in [4.78, 5) is 10.7. The van der Waals surface area contributed by atoms with Crippen LogP contribution in [0.5, 0.6) is 0 Å². The molecule has 0 radical (unpaired) electrons. The summed E-state index contributed by atoms with van der Waals surface area (Å²) in [5.74, 6) is -0.231. The fourth-order valence-corrected chi connectivity index (χ4v) is 0.321. The molecule has 9 heavy (non-hydrogen) atoms. The minimum Gasteiger partial charge on any atom is -0.342 e. The number of amides is 1. The molecule has 0 saturated carbocycles. The molecule has 4 heteroatoms. The second kappa shape index (κ2) is 2.80. The third kappa shape index (κ3) is 3.05. The molecule has 1 amide bonds. The minimum atomic E-state index is -0.820. The van der Waals surface area contributed by atoms with Gasteiger partial charge in [-0.3, -0.25) is 4.79 Å². The lowest BCUT2D eigenvalue weighted by Crippen LogP contribution is -2.50. The van der Waals surface area contributed by atoms with Gasteiger partial charge in [-0.05, 0) is 13.8 Å². The molecule has 54 valence electrons. The van der Waals surface area contributed by atoms with Crippen molar-refractivity contribution < 1.29 is 4.79 Å². The third-order valence-electron chi connectivity index (χ3n) is 0.848. The van der Waals surface area contributed by atoms with E-state index >= 15 is 0 Å². The van der Waals surface area contributed by atoms with Gasteiger partial charge in [-0.25, -0.2) is 0 Å². The summed E-state index contributed by atoms with van der Waals surface area (Å²) in [5.41, 5.74) is 9.62. The Morgan fingerprint density at radius 3 is 2.22 bits per heavy atom. The molecule has 0 aromatic carbocycles. The van der Waals surface area contributed by atoms with E-state index in [1.54, 1.807) is 13.8 Å². The van der Waals surface area contributed by atoms with E-state index in [9.17, 15) is 4.79 Å². The first kappa shape index (κ1) is 8.39. The highest BCUT2D eigenvalue weighted by atomic mass is 16.2. The lowest BCUT2D eigenvalue weighted by molar-refractivity contribution is -0.125. The summed E-state index contributed by atoms with van der Waals surface area (Å²) >= 11 is 0. The molecule has 0 saturated heterocycles. The highest BCUT2D eigenvalue weighted by molar-refractivity contribution is 5.84. The smallest absolute Gasteiger partial charge is 0.240 e. The predicted molar refractivity (Wildman–Crippen MR) is 35.5 cm³/mol. The van der Waals surface area contributed by atoms with E-state index in [2.05, 4.69) is 5.32 Å². The van der Waals surface area contributed by atoms with Crippen LogP contribution in [-0.4, -0.2) is 18.1 Å². The zero-order chi connectivity index (χ0) is 7.49. The van der Waals surface area contributed by atoms with E-state index in [1.807, 2.05) is 0 Å². The number of carbonyl (C=O) groups is 1. The van der Waals surface area contributed by atoms with Crippen LogP contribution >= 0.6 is 0 Å². The highest BCUT2D eigenvalue weighted by Crippen LogP contribution is 1.93. The van der Waals surface area contributed by atoms with Gasteiger partial charge in [-0.15, -0.1) is 0 Å². The van der Waals surface area contributed by atoms with Crippen molar-refractivity contribution >= 4 is 5.91 Å². The molecule has 0 fully saturated rings. The molecule has 0 spiro atoms. The predicted octanol–water partition coefficient (Wildman–Crippen LogP) is -1.24. The minimum absolute atomic E-state index is 0.138. The molecule has 4 nitrogen and oxygen atoms in total. The molecule has 0 bridgehead atoms. The van der Waals surface area contributed by atoms with Gasteiger partial charge in [-0.1, -0.05) is 0 Å². The molecule has 0 aliphatic rings. The van der Waals surface area contributed by atoms with Crippen molar-refractivity contribution in [3.8, 4) is 0 Å². The molecule has 0 heterocycles. The highest BCUT2D eigenvalue weighted by Gasteiger charge is 2.20. The van der Waals surface area contributed by atoms with E-state index in [0.29, 0.717) is 0 Å². The van der Waals surface area contributed by atoms with E-state index in [1.165, 1.54) is 0 Å². The zero-order valence-electron chi connectivity index (χ0n) is 5.77. The van der Waals surface area contributed by atoms with E-state index in [-0.39, 0.29) is 12.6 Å². The first-order valence-corrected chi connectivity index (χ1v) is 2.75. The molecule has 0 aromatic heterocycles. The number of nitrogens with one attached hydrogen (secondary N) is 1. The lowest BCUT2D eigenvalue weighted by atomic mass is 10.1. The van der Waals surface area contributed by atoms with Crippen molar-refractivity contribution in [2.75, 3.05) is 6.67 Å². The Morgan fingerprint density at radius 1 is 1.67 bits per heavy atom. The molecule has 0 aliphatic carbocycles. The van der Waals surface area contributed by atoms with Crippen LogP contribution in [0.3, 0.4) is 0 Å². The van der Waals surface area contributed by atoms with Crippen LogP contribution in [0.1, 0.15) is 13.8 Å². The van der Waals surface area contributed by atoms with Crippen LogP contribution in [0.25, 0.3) is 0 Å². The van der Waals surface area contributed by atoms with Crippen molar-refractivity contribution in [2.45, 2.75) is 19.4 Å². The van der Waals surface area contributed by atoms with Crippen LogP contribution in [0, 0.1) is 0 Å². The monoisotopic (exact) mass is 131 g/mol. The summed E-state index contributed by atoms with van der Waals surface area (Å²) in [6, 6.07) is 0. The maximum atomic E-state index is 10.7. The fourth-order valence-electron chi connectivity index (χ4n) is 0.321. The summed E-state index contributed by atoms with van der Waals surface area (Å²) < 4.78 is 0. The summed E-state index contributed by atoms with van der Waals surface area (Å²) in [7, 11) is 0. The molecule has 0 rings (SSSR count). The number of hydrogen-bond acceptors (Lipinski definition) is 3. The first-order chi connectivity index (χ1) is 3.98. The van der Waals surface area contributed by atoms with Crippen molar-refractivity contribution in [1.82, 2.24) is 5.32 Å². The Balaban J connectivity index is 3.74. The number of rotatable bonds is 2. The maximum absolute atomic E-state index is 10.7. The Bertz CT molecular complexity index is 105. The van der Waals surface area contributed by atoms with E-state index in [4.69, 9.17) is 11.5 Å². The largest absolute Gasteiger partial charge is 0.342 e. The average Bonchev–Trinajstić information content (AvgIpc) is 1.64. The van der Waals surface area contributed by atoms with Crippen LogP contribution in [0.15, 0.2) is 0 Å². The number of nitrogens with two attached hydrogens (primary N) is 2. The second-order valence-corrected chi connectivity index (χ2v) is 2.43. The van der Waals surface area contributed by atoms with Gasteiger partial charge in [0, 0.05) is 0 Å². The van der Waals surface area contributed by atoms with Gasteiger partial charge >= 0.3 is 0 Å². The normalized spacial score (nSPS) is 11.1. The number of carbonyl (C=O) groups excluding carboxylic acids is 1. The second-order valence-electron chi connectivity index (χ2n) is 2.43. The van der Waals surface area contributed by atoms with Gasteiger partial charge in [0.05, 0.1) is 12.2 Å². The van der Waals surface area contributed by atoms with E-state index < -0.39 is 5.54 Å². The summed E-state index contributed by atoms with van der Waals surface area (Å²) in [6.07, 6.45) is 0. The van der Waals surface area contributed by atoms with Crippen LogP contribution in [-0.2, 0) is 4.79 Å². The Morgan fingerprint density at radius 2 is 2.11 bits per heavy atom. The van der Waals surface area contributed by atoms with Gasteiger partial charge in [0.15, 0.2) is 0 Å². The van der Waals surface area contributed by atoms with Gasteiger partial charge in [-0.2, -0.15) is 0 Å². The Kier molecular flexibility index (Phi) is 2.61. The SMILES string of the molecule is CC(C)(N)C(=O)NCN. The van der Waals surface area contributed by atoms with Gasteiger partial charge in [0.1, 0.15) is 0 Å². The van der Waals surface area contributed by atoms with Crippen LogP contribution < -0.4 is 16.8 Å². The molecule has 5 N–H and O–H groups in total. The average molecular weight is 131 g/mol. The Hall–Kier alpha value is -0.610. The summed E-state index contributed by atoms with van der Waals surface area (Å²) in [5, 5.41) is 2.40. The van der Waals surface area contributed by atoms with Crippen molar-refractivity contribution in [3.05, 3.63) is 0 Å². The molecule has 0 unspecified atom stereocenters. The Labute approximate surface area is 54.6 Å². The standard InChI is InChI=1S/C5H13N3O/c1-5(2,7)4(9)8-3-6/h3,6-7H2,1-2H3,(H,8,9). The molecular formula is C5H13N3O.